The van der Waals surface area contributed by atoms with Crippen LogP contribution in [0, 0.1) is 0 Å². The number of nitrogens with one attached hydrogen (secondary N) is 5. The minimum absolute atomic E-state index is 0.0869. The Hall–Kier alpha value is -4.84. The van der Waals surface area contributed by atoms with Gasteiger partial charge < -0.3 is 31.3 Å². The molecule has 44 heavy (non-hydrogen) atoms. The van der Waals surface area contributed by atoms with Gasteiger partial charge in [0.15, 0.2) is 0 Å². The SMILES string of the molecule is CNC(=O)c1ccccc1Nc1nc(Nc2ccc(CNc3cccc(C4CCCNC4)c3)cc2OC)ncc1C(F)(F)F. The quantitative estimate of drug-likeness (QED) is 0.141. The molecule has 1 fully saturated rings. The molecule has 4 aromatic rings. The number of alkyl halides is 3. The summed E-state index contributed by atoms with van der Waals surface area (Å²) in [6, 6.07) is 20.2. The Kier molecular flexibility index (Phi) is 9.49. The van der Waals surface area contributed by atoms with E-state index in [1.54, 1.807) is 18.2 Å². The van der Waals surface area contributed by atoms with E-state index in [1.165, 1.54) is 44.7 Å². The number of rotatable bonds is 10. The average Bonchev–Trinajstić information content (AvgIpc) is 3.04. The van der Waals surface area contributed by atoms with Crippen LogP contribution in [0.2, 0.25) is 0 Å². The molecule has 5 rings (SSSR count). The van der Waals surface area contributed by atoms with Gasteiger partial charge in [-0.25, -0.2) is 4.98 Å². The molecule has 1 unspecified atom stereocenters. The summed E-state index contributed by atoms with van der Waals surface area (Å²) in [6.07, 6.45) is -1.69. The van der Waals surface area contributed by atoms with Gasteiger partial charge in [-0.2, -0.15) is 18.2 Å². The number of hydrogen-bond acceptors (Lipinski definition) is 8. The fraction of sp³-hybridized carbons (Fsp3) is 0.281. The number of nitrogens with zero attached hydrogens (tertiary/aromatic N) is 2. The molecule has 230 valence electrons. The number of piperidine rings is 1. The zero-order valence-electron chi connectivity index (χ0n) is 24.4. The Labute approximate surface area is 253 Å². The van der Waals surface area contributed by atoms with Crippen LogP contribution in [0.4, 0.5) is 42.0 Å². The fourth-order valence-electron chi connectivity index (χ4n) is 5.11. The second-order valence-corrected chi connectivity index (χ2v) is 10.4. The van der Waals surface area contributed by atoms with Crippen molar-refractivity contribution in [3.8, 4) is 5.75 Å². The van der Waals surface area contributed by atoms with Gasteiger partial charge in [0.25, 0.3) is 5.91 Å². The van der Waals surface area contributed by atoms with Gasteiger partial charge in [-0.15, -0.1) is 0 Å². The highest BCUT2D eigenvalue weighted by molar-refractivity contribution is 6.00. The van der Waals surface area contributed by atoms with E-state index >= 15 is 0 Å². The van der Waals surface area contributed by atoms with Crippen molar-refractivity contribution in [3.63, 3.8) is 0 Å². The molecule has 3 aromatic carbocycles. The van der Waals surface area contributed by atoms with Crippen molar-refractivity contribution in [3.05, 3.63) is 95.2 Å². The lowest BCUT2D eigenvalue weighted by atomic mass is 9.91. The summed E-state index contributed by atoms with van der Waals surface area (Å²) in [5.74, 6) is -0.0740. The zero-order valence-corrected chi connectivity index (χ0v) is 24.4. The van der Waals surface area contributed by atoms with Crippen molar-refractivity contribution in [2.75, 3.05) is 43.2 Å². The van der Waals surface area contributed by atoms with Gasteiger partial charge in [0, 0.05) is 32.0 Å². The third-order valence-corrected chi connectivity index (χ3v) is 7.41. The van der Waals surface area contributed by atoms with E-state index < -0.39 is 23.5 Å². The molecule has 1 amide bonds. The van der Waals surface area contributed by atoms with Crippen LogP contribution in [-0.2, 0) is 12.7 Å². The first kappa shape index (κ1) is 30.6. The summed E-state index contributed by atoms with van der Waals surface area (Å²) < 4.78 is 47.2. The Morgan fingerprint density at radius 2 is 1.89 bits per heavy atom. The zero-order chi connectivity index (χ0) is 31.1. The van der Waals surface area contributed by atoms with Crippen LogP contribution in [0.15, 0.2) is 72.9 Å². The van der Waals surface area contributed by atoms with Gasteiger partial charge in [0.05, 0.1) is 24.0 Å². The molecule has 1 aromatic heterocycles. The van der Waals surface area contributed by atoms with Crippen LogP contribution >= 0.6 is 0 Å². The third kappa shape index (κ3) is 7.38. The van der Waals surface area contributed by atoms with Gasteiger partial charge in [-0.05, 0) is 72.8 Å². The molecule has 0 saturated carbocycles. The maximum atomic E-state index is 13.9. The highest BCUT2D eigenvalue weighted by Crippen LogP contribution is 2.37. The second-order valence-electron chi connectivity index (χ2n) is 10.4. The normalized spacial score (nSPS) is 14.9. The molecule has 12 heteroatoms. The van der Waals surface area contributed by atoms with Crippen molar-refractivity contribution in [1.82, 2.24) is 20.6 Å². The van der Waals surface area contributed by atoms with E-state index in [9.17, 15) is 18.0 Å². The number of ether oxygens (including phenoxy) is 1. The van der Waals surface area contributed by atoms with Crippen LogP contribution in [0.3, 0.4) is 0 Å². The van der Waals surface area contributed by atoms with Crippen LogP contribution < -0.4 is 31.3 Å². The van der Waals surface area contributed by atoms with Crippen molar-refractivity contribution in [2.24, 2.45) is 0 Å². The predicted molar refractivity (Wildman–Crippen MR) is 165 cm³/mol. The summed E-state index contributed by atoms with van der Waals surface area (Å²) in [4.78, 5) is 20.3. The number of para-hydroxylation sites is 1. The first-order chi connectivity index (χ1) is 21.2. The fourth-order valence-corrected chi connectivity index (χ4v) is 5.11. The standard InChI is InChI=1S/C32H34F3N7O2/c1-36-30(43)24-10-3-4-11-26(24)40-29-25(32(33,34)35)19-39-31(42-29)41-27-13-12-20(15-28(27)44-2)17-38-23-9-5-7-21(16-23)22-8-6-14-37-18-22/h3-5,7,9-13,15-16,19,22,37-38H,6,8,14,17-18H2,1-2H3,(H,36,43)(H2,39,40,41,42). The summed E-state index contributed by atoms with van der Waals surface area (Å²) in [5.41, 5.74) is 2.99. The van der Waals surface area contributed by atoms with Gasteiger partial charge >= 0.3 is 6.18 Å². The summed E-state index contributed by atoms with van der Waals surface area (Å²) in [6.45, 7) is 2.59. The molecule has 0 bridgehead atoms. The number of halogens is 3. The maximum Gasteiger partial charge on any atom is 0.421 e. The molecule has 9 nitrogen and oxygen atoms in total. The van der Waals surface area contributed by atoms with Crippen molar-refractivity contribution >= 4 is 34.7 Å². The first-order valence-corrected chi connectivity index (χ1v) is 14.3. The molecule has 0 spiro atoms. The average molecular weight is 606 g/mol. The third-order valence-electron chi connectivity index (χ3n) is 7.41. The summed E-state index contributed by atoms with van der Waals surface area (Å²) >= 11 is 0. The summed E-state index contributed by atoms with van der Waals surface area (Å²) in [7, 11) is 2.95. The van der Waals surface area contributed by atoms with E-state index in [0.717, 1.165) is 24.3 Å². The number of carbonyl (C=O) groups excluding carboxylic acids is 1. The van der Waals surface area contributed by atoms with Crippen LogP contribution in [0.25, 0.3) is 0 Å². The Morgan fingerprint density at radius 3 is 2.64 bits per heavy atom. The molecule has 1 saturated heterocycles. The molecule has 2 heterocycles. The van der Waals surface area contributed by atoms with E-state index in [-0.39, 0.29) is 17.2 Å². The number of anilines is 5. The van der Waals surface area contributed by atoms with Crippen LogP contribution in [-0.4, -0.2) is 43.1 Å². The van der Waals surface area contributed by atoms with Gasteiger partial charge in [0.1, 0.15) is 17.1 Å². The van der Waals surface area contributed by atoms with Crippen molar-refractivity contribution in [1.29, 1.82) is 0 Å². The molecule has 1 aliphatic rings. The molecule has 1 atom stereocenters. The van der Waals surface area contributed by atoms with Crippen molar-refractivity contribution < 1.29 is 22.7 Å². The monoisotopic (exact) mass is 605 g/mol. The smallest absolute Gasteiger partial charge is 0.421 e. The molecule has 0 aliphatic carbocycles. The van der Waals surface area contributed by atoms with Gasteiger partial charge in [-0.3, -0.25) is 4.79 Å². The number of aromatic nitrogens is 2. The predicted octanol–water partition coefficient (Wildman–Crippen LogP) is 6.43. The van der Waals surface area contributed by atoms with Crippen LogP contribution in [0.1, 0.15) is 45.8 Å². The Bertz CT molecular complexity index is 1610. The largest absolute Gasteiger partial charge is 0.495 e. The van der Waals surface area contributed by atoms with Crippen molar-refractivity contribution in [2.45, 2.75) is 31.5 Å². The Balaban J connectivity index is 1.33. The molecule has 0 radical (unpaired) electrons. The molecule has 5 N–H and O–H groups in total. The van der Waals surface area contributed by atoms with E-state index in [2.05, 4.69) is 54.8 Å². The lowest BCUT2D eigenvalue weighted by molar-refractivity contribution is -0.137. The number of methoxy groups -OCH3 is 1. The van der Waals surface area contributed by atoms with Gasteiger partial charge in [0.2, 0.25) is 5.95 Å². The van der Waals surface area contributed by atoms with E-state index in [4.69, 9.17) is 4.74 Å². The maximum absolute atomic E-state index is 13.9. The number of hydrogen-bond donors (Lipinski definition) is 5. The highest BCUT2D eigenvalue weighted by atomic mass is 19.4. The first-order valence-electron chi connectivity index (χ1n) is 14.3. The topological polar surface area (TPSA) is 112 Å². The number of amides is 1. The number of carbonyl (C=O) groups is 1. The minimum Gasteiger partial charge on any atom is -0.495 e. The van der Waals surface area contributed by atoms with E-state index in [0.29, 0.717) is 30.1 Å². The molecular formula is C32H34F3N7O2. The van der Waals surface area contributed by atoms with Gasteiger partial charge in [-0.1, -0.05) is 30.3 Å². The van der Waals surface area contributed by atoms with E-state index in [1.807, 2.05) is 18.2 Å². The highest BCUT2D eigenvalue weighted by Gasteiger charge is 2.35. The lowest BCUT2D eigenvalue weighted by Crippen LogP contribution is -2.28. The lowest BCUT2D eigenvalue weighted by Gasteiger charge is -2.23. The Morgan fingerprint density at radius 1 is 1.05 bits per heavy atom. The molecule has 1 aliphatic heterocycles. The molecular weight excluding hydrogens is 571 g/mol. The number of benzene rings is 3. The summed E-state index contributed by atoms with van der Waals surface area (Å²) in [5, 5.41) is 15.0. The van der Waals surface area contributed by atoms with Crippen LogP contribution in [0.5, 0.6) is 5.75 Å². The second kappa shape index (κ2) is 13.6. The minimum atomic E-state index is -4.73.